The van der Waals surface area contributed by atoms with E-state index in [2.05, 4.69) is 0 Å². The fourth-order valence-electron chi connectivity index (χ4n) is 1.85. The summed E-state index contributed by atoms with van der Waals surface area (Å²) in [4.78, 5) is 22.4. The third kappa shape index (κ3) is 2.95. The second-order valence-electron chi connectivity index (χ2n) is 4.15. The summed E-state index contributed by atoms with van der Waals surface area (Å²) in [5, 5.41) is 20.9. The topological polar surface area (TPSA) is 80.4 Å². The van der Waals surface area contributed by atoms with Crippen molar-refractivity contribution in [3.8, 4) is 5.75 Å². The Labute approximate surface area is 119 Å². The molecule has 5 nitrogen and oxygen atoms in total. The lowest BCUT2D eigenvalue weighted by Crippen LogP contribution is -2.06. The van der Waals surface area contributed by atoms with Gasteiger partial charge in [-0.25, -0.2) is 0 Å². The zero-order chi connectivity index (χ0) is 14.7. The second-order valence-corrected chi connectivity index (χ2v) is 4.58. The third-order valence-corrected chi connectivity index (χ3v) is 3.03. The van der Waals surface area contributed by atoms with Crippen molar-refractivity contribution in [1.29, 1.82) is 0 Å². The van der Waals surface area contributed by atoms with E-state index < -0.39 is 10.7 Å². The maximum atomic E-state index is 12.1. The smallest absolute Gasteiger partial charge is 0.273 e. The first-order valence-corrected chi connectivity index (χ1v) is 6.11. The number of ketones is 1. The van der Waals surface area contributed by atoms with E-state index in [1.807, 2.05) is 0 Å². The van der Waals surface area contributed by atoms with Crippen molar-refractivity contribution < 1.29 is 14.8 Å². The molecule has 2 aromatic rings. The summed E-state index contributed by atoms with van der Waals surface area (Å²) < 4.78 is 0. The quantitative estimate of drug-likeness (QED) is 0.532. The Bertz CT molecular complexity index is 685. The number of halogens is 1. The van der Waals surface area contributed by atoms with Gasteiger partial charge in [0, 0.05) is 23.1 Å². The standard InChI is InChI=1S/C14H10ClNO4/c15-10-5-6-11(14(18)8-10)13(17)7-9-3-1-2-4-12(9)16(19)20/h1-6,8,18H,7H2. The average Bonchev–Trinajstić information content (AvgIpc) is 2.38. The second kappa shape index (κ2) is 5.71. The molecule has 0 unspecified atom stereocenters. The summed E-state index contributed by atoms with van der Waals surface area (Å²) in [5.41, 5.74) is 0.277. The zero-order valence-corrected chi connectivity index (χ0v) is 11.0. The predicted octanol–water partition coefficient (Wildman–Crippen LogP) is 3.38. The summed E-state index contributed by atoms with van der Waals surface area (Å²) in [5.74, 6) is -0.644. The molecule has 0 aliphatic rings. The Balaban J connectivity index is 2.30. The van der Waals surface area contributed by atoms with Crippen LogP contribution in [0.1, 0.15) is 15.9 Å². The molecule has 0 saturated heterocycles. The highest BCUT2D eigenvalue weighted by Crippen LogP contribution is 2.25. The Morgan fingerprint density at radius 1 is 1.25 bits per heavy atom. The van der Waals surface area contributed by atoms with Gasteiger partial charge in [-0.05, 0) is 18.2 Å². The van der Waals surface area contributed by atoms with Crippen LogP contribution in [0, 0.1) is 10.1 Å². The van der Waals surface area contributed by atoms with E-state index in [0.29, 0.717) is 10.6 Å². The molecule has 0 heterocycles. The molecule has 0 aliphatic carbocycles. The van der Waals surface area contributed by atoms with E-state index in [4.69, 9.17) is 11.6 Å². The van der Waals surface area contributed by atoms with Crippen LogP contribution in [0.2, 0.25) is 5.02 Å². The molecule has 0 aromatic heterocycles. The molecule has 102 valence electrons. The number of hydrogen-bond acceptors (Lipinski definition) is 4. The summed E-state index contributed by atoms with van der Waals surface area (Å²) in [7, 11) is 0. The fourth-order valence-corrected chi connectivity index (χ4v) is 2.01. The monoisotopic (exact) mass is 291 g/mol. The molecule has 0 saturated carbocycles. The van der Waals surface area contributed by atoms with Crippen molar-refractivity contribution in [3.63, 3.8) is 0 Å². The van der Waals surface area contributed by atoms with Crippen molar-refractivity contribution in [1.82, 2.24) is 0 Å². The lowest BCUT2D eigenvalue weighted by molar-refractivity contribution is -0.385. The normalized spacial score (nSPS) is 10.2. The van der Waals surface area contributed by atoms with Crippen LogP contribution in [0.4, 0.5) is 5.69 Å². The summed E-state index contributed by atoms with van der Waals surface area (Å²) in [6, 6.07) is 10.1. The molecule has 2 aromatic carbocycles. The number of para-hydroxylation sites is 1. The highest BCUT2D eigenvalue weighted by Gasteiger charge is 2.18. The molecular weight excluding hydrogens is 282 g/mol. The van der Waals surface area contributed by atoms with E-state index in [1.165, 1.54) is 36.4 Å². The Morgan fingerprint density at radius 3 is 2.60 bits per heavy atom. The van der Waals surface area contributed by atoms with Crippen LogP contribution in [0.3, 0.4) is 0 Å². The molecular formula is C14H10ClNO4. The maximum absolute atomic E-state index is 12.1. The zero-order valence-electron chi connectivity index (χ0n) is 10.2. The van der Waals surface area contributed by atoms with Gasteiger partial charge in [-0.2, -0.15) is 0 Å². The van der Waals surface area contributed by atoms with Crippen molar-refractivity contribution in [2.24, 2.45) is 0 Å². The van der Waals surface area contributed by atoms with E-state index in [0.717, 1.165) is 0 Å². The van der Waals surface area contributed by atoms with Crippen LogP contribution < -0.4 is 0 Å². The van der Waals surface area contributed by atoms with E-state index in [-0.39, 0.29) is 23.4 Å². The molecule has 0 radical (unpaired) electrons. The van der Waals surface area contributed by atoms with Gasteiger partial charge < -0.3 is 5.11 Å². The number of carbonyl (C=O) groups excluding carboxylic acids is 1. The van der Waals surface area contributed by atoms with Crippen molar-refractivity contribution in [2.75, 3.05) is 0 Å². The molecule has 0 atom stereocenters. The highest BCUT2D eigenvalue weighted by molar-refractivity contribution is 6.30. The molecule has 0 spiro atoms. The van der Waals surface area contributed by atoms with Crippen LogP contribution in [-0.2, 0) is 6.42 Å². The van der Waals surface area contributed by atoms with Gasteiger partial charge in [-0.15, -0.1) is 0 Å². The van der Waals surface area contributed by atoms with Gasteiger partial charge in [0.05, 0.1) is 10.5 Å². The number of rotatable bonds is 4. The van der Waals surface area contributed by atoms with Gasteiger partial charge in [0.15, 0.2) is 5.78 Å². The summed E-state index contributed by atoms with van der Waals surface area (Å²) in [6.07, 6.45) is -0.160. The van der Waals surface area contributed by atoms with Gasteiger partial charge in [0.2, 0.25) is 0 Å². The van der Waals surface area contributed by atoms with Crippen molar-refractivity contribution in [2.45, 2.75) is 6.42 Å². The van der Waals surface area contributed by atoms with Crippen LogP contribution in [0.25, 0.3) is 0 Å². The minimum Gasteiger partial charge on any atom is -0.507 e. The fraction of sp³-hybridized carbons (Fsp3) is 0.0714. The Kier molecular flexibility index (Phi) is 4.00. The maximum Gasteiger partial charge on any atom is 0.273 e. The van der Waals surface area contributed by atoms with Gasteiger partial charge in [0.25, 0.3) is 5.69 Å². The number of nitro benzene ring substituents is 1. The lowest BCUT2D eigenvalue weighted by Gasteiger charge is -2.05. The molecule has 6 heteroatoms. The molecule has 0 aliphatic heterocycles. The number of aromatic hydroxyl groups is 1. The van der Waals surface area contributed by atoms with Crippen LogP contribution >= 0.6 is 11.6 Å². The first-order valence-electron chi connectivity index (χ1n) is 5.73. The summed E-state index contributed by atoms with van der Waals surface area (Å²) in [6.45, 7) is 0. The number of nitrogens with zero attached hydrogens (tertiary/aromatic N) is 1. The van der Waals surface area contributed by atoms with Gasteiger partial charge in [0.1, 0.15) is 5.75 Å². The largest absolute Gasteiger partial charge is 0.507 e. The van der Waals surface area contributed by atoms with Gasteiger partial charge >= 0.3 is 0 Å². The minimum absolute atomic E-state index is 0.0903. The first kappa shape index (κ1) is 14.0. The molecule has 0 fully saturated rings. The lowest BCUT2D eigenvalue weighted by atomic mass is 10.0. The molecule has 1 N–H and O–H groups in total. The number of carbonyl (C=O) groups is 1. The van der Waals surface area contributed by atoms with Crippen LogP contribution in [0.5, 0.6) is 5.75 Å². The Hall–Kier alpha value is -2.40. The first-order chi connectivity index (χ1) is 9.49. The van der Waals surface area contributed by atoms with Gasteiger partial charge in [-0.1, -0.05) is 29.8 Å². The van der Waals surface area contributed by atoms with E-state index in [1.54, 1.807) is 6.07 Å². The minimum atomic E-state index is -0.537. The predicted molar refractivity (Wildman–Crippen MR) is 74.2 cm³/mol. The summed E-state index contributed by atoms with van der Waals surface area (Å²) >= 11 is 5.69. The molecule has 0 bridgehead atoms. The van der Waals surface area contributed by atoms with E-state index >= 15 is 0 Å². The van der Waals surface area contributed by atoms with Gasteiger partial charge in [-0.3, -0.25) is 14.9 Å². The van der Waals surface area contributed by atoms with Crippen molar-refractivity contribution >= 4 is 23.1 Å². The number of phenols is 1. The Morgan fingerprint density at radius 2 is 1.95 bits per heavy atom. The third-order valence-electron chi connectivity index (χ3n) is 2.80. The van der Waals surface area contributed by atoms with E-state index in [9.17, 15) is 20.0 Å². The molecule has 0 amide bonds. The van der Waals surface area contributed by atoms with Crippen LogP contribution in [-0.4, -0.2) is 15.8 Å². The van der Waals surface area contributed by atoms with Crippen LogP contribution in [0.15, 0.2) is 42.5 Å². The highest BCUT2D eigenvalue weighted by atomic mass is 35.5. The number of benzene rings is 2. The molecule has 20 heavy (non-hydrogen) atoms. The molecule has 2 rings (SSSR count). The number of hydrogen-bond donors (Lipinski definition) is 1. The number of nitro groups is 1. The SMILES string of the molecule is O=C(Cc1ccccc1[N+](=O)[O-])c1ccc(Cl)cc1O. The average molecular weight is 292 g/mol. The number of Topliss-reactive ketones (excluding diaryl/α,β-unsaturated/α-hetero) is 1. The number of phenolic OH excluding ortho intramolecular Hbond substituents is 1. The van der Waals surface area contributed by atoms with Crippen molar-refractivity contribution in [3.05, 3.63) is 68.7 Å².